The molecule has 0 bridgehead atoms. The van der Waals surface area contributed by atoms with Gasteiger partial charge in [0.2, 0.25) is 0 Å². The molecule has 134 valence electrons. The van der Waals surface area contributed by atoms with Gasteiger partial charge in [-0.1, -0.05) is 55.0 Å². The zero-order valence-electron chi connectivity index (χ0n) is 15.0. The van der Waals surface area contributed by atoms with Crippen molar-refractivity contribution in [3.8, 4) is 0 Å². The number of anilines is 1. The lowest BCUT2D eigenvalue weighted by atomic mass is 10.0. The lowest BCUT2D eigenvalue weighted by Crippen LogP contribution is -2.05. The SMILES string of the molecule is Nc1ccccc1CC(=O)CCCCCSc1ccc2ccccc2c1. The van der Waals surface area contributed by atoms with E-state index in [9.17, 15) is 4.79 Å². The number of thioether (sulfide) groups is 1. The molecule has 0 heterocycles. The third-order valence-electron chi connectivity index (χ3n) is 4.53. The summed E-state index contributed by atoms with van der Waals surface area (Å²) in [6.45, 7) is 0. The number of carbonyl (C=O) groups is 1. The number of rotatable bonds is 9. The Hall–Kier alpha value is -2.26. The number of benzene rings is 3. The van der Waals surface area contributed by atoms with Crippen LogP contribution >= 0.6 is 11.8 Å². The van der Waals surface area contributed by atoms with Crippen LogP contribution < -0.4 is 5.73 Å². The lowest BCUT2D eigenvalue weighted by Gasteiger charge is -2.05. The molecule has 3 rings (SSSR count). The van der Waals surface area contributed by atoms with E-state index in [1.54, 1.807) is 0 Å². The molecule has 0 unspecified atom stereocenters. The van der Waals surface area contributed by atoms with Gasteiger partial charge in [0.25, 0.3) is 0 Å². The summed E-state index contributed by atoms with van der Waals surface area (Å²) in [5.41, 5.74) is 7.56. The third-order valence-corrected chi connectivity index (χ3v) is 5.61. The second-order valence-electron chi connectivity index (χ2n) is 6.58. The number of ketones is 1. The van der Waals surface area contributed by atoms with Gasteiger partial charge in [0.05, 0.1) is 0 Å². The molecule has 3 aromatic carbocycles. The quantitative estimate of drug-likeness (QED) is 0.293. The number of hydrogen-bond acceptors (Lipinski definition) is 3. The number of para-hydroxylation sites is 1. The van der Waals surface area contributed by atoms with Crippen molar-refractivity contribution in [3.05, 3.63) is 72.3 Å². The monoisotopic (exact) mass is 363 g/mol. The average Bonchev–Trinajstić information content (AvgIpc) is 2.66. The van der Waals surface area contributed by atoms with Gasteiger partial charge in [-0.15, -0.1) is 11.8 Å². The predicted molar refractivity (Wildman–Crippen MR) is 113 cm³/mol. The molecule has 0 aliphatic carbocycles. The number of fused-ring (bicyclic) bond motifs is 1. The van der Waals surface area contributed by atoms with Crippen LogP contribution in [0.1, 0.15) is 31.2 Å². The number of hydrogen-bond donors (Lipinski definition) is 1. The molecule has 0 saturated heterocycles. The van der Waals surface area contributed by atoms with Gasteiger partial charge in [0, 0.05) is 23.4 Å². The van der Waals surface area contributed by atoms with Crippen molar-refractivity contribution in [1.29, 1.82) is 0 Å². The molecule has 0 amide bonds. The van der Waals surface area contributed by atoms with Gasteiger partial charge in [0.1, 0.15) is 5.78 Å². The van der Waals surface area contributed by atoms with Gasteiger partial charge in [-0.05, 0) is 53.1 Å². The molecule has 3 heteroatoms. The highest BCUT2D eigenvalue weighted by molar-refractivity contribution is 7.99. The van der Waals surface area contributed by atoms with Gasteiger partial charge < -0.3 is 5.73 Å². The van der Waals surface area contributed by atoms with Crippen LogP contribution in [-0.4, -0.2) is 11.5 Å². The fourth-order valence-corrected chi connectivity index (χ4v) is 4.00. The molecule has 0 fully saturated rings. The van der Waals surface area contributed by atoms with Crippen molar-refractivity contribution in [3.63, 3.8) is 0 Å². The molecule has 0 atom stereocenters. The average molecular weight is 364 g/mol. The van der Waals surface area contributed by atoms with Crippen molar-refractivity contribution in [2.24, 2.45) is 0 Å². The van der Waals surface area contributed by atoms with E-state index in [0.717, 1.165) is 30.6 Å². The topological polar surface area (TPSA) is 43.1 Å². The highest BCUT2D eigenvalue weighted by atomic mass is 32.2. The predicted octanol–water partition coefficient (Wildman–Crippen LogP) is 5.89. The molecule has 2 N–H and O–H groups in total. The molecule has 0 aliphatic heterocycles. The Labute approximate surface area is 159 Å². The summed E-state index contributed by atoms with van der Waals surface area (Å²) in [6, 6.07) is 22.7. The van der Waals surface area contributed by atoms with Crippen LogP contribution in [0.25, 0.3) is 10.8 Å². The maximum Gasteiger partial charge on any atom is 0.137 e. The number of carbonyl (C=O) groups excluding carboxylic acids is 1. The molecule has 0 aliphatic rings. The van der Waals surface area contributed by atoms with E-state index >= 15 is 0 Å². The Morgan fingerprint density at radius 3 is 2.46 bits per heavy atom. The minimum Gasteiger partial charge on any atom is -0.398 e. The molecule has 3 aromatic rings. The number of Topliss-reactive ketones (excluding diaryl/α,β-unsaturated/α-hetero) is 1. The van der Waals surface area contributed by atoms with E-state index in [1.807, 2.05) is 36.0 Å². The second kappa shape index (κ2) is 9.44. The first kappa shape index (κ1) is 18.5. The Morgan fingerprint density at radius 2 is 1.62 bits per heavy atom. The van der Waals surface area contributed by atoms with E-state index in [0.29, 0.717) is 18.5 Å². The smallest absolute Gasteiger partial charge is 0.137 e. The first-order chi connectivity index (χ1) is 12.7. The van der Waals surface area contributed by atoms with Crippen molar-refractivity contribution in [1.82, 2.24) is 0 Å². The summed E-state index contributed by atoms with van der Waals surface area (Å²) in [7, 11) is 0. The first-order valence-electron chi connectivity index (χ1n) is 9.19. The normalized spacial score (nSPS) is 10.9. The number of nitrogen functional groups attached to an aromatic ring is 1. The van der Waals surface area contributed by atoms with E-state index in [1.165, 1.54) is 15.7 Å². The van der Waals surface area contributed by atoms with Crippen LogP contribution in [0, 0.1) is 0 Å². The van der Waals surface area contributed by atoms with Crippen molar-refractivity contribution >= 4 is 34.0 Å². The highest BCUT2D eigenvalue weighted by Crippen LogP contribution is 2.24. The van der Waals surface area contributed by atoms with Crippen LogP contribution in [0.2, 0.25) is 0 Å². The van der Waals surface area contributed by atoms with E-state index in [-0.39, 0.29) is 5.78 Å². The lowest BCUT2D eigenvalue weighted by molar-refractivity contribution is -0.118. The minimum absolute atomic E-state index is 0.282. The molecule has 0 radical (unpaired) electrons. The summed E-state index contributed by atoms with van der Waals surface area (Å²) >= 11 is 1.90. The van der Waals surface area contributed by atoms with Gasteiger partial charge in [0.15, 0.2) is 0 Å². The maximum absolute atomic E-state index is 12.1. The van der Waals surface area contributed by atoms with Gasteiger partial charge in [-0.25, -0.2) is 0 Å². The van der Waals surface area contributed by atoms with Crippen LogP contribution in [0.15, 0.2) is 71.6 Å². The van der Waals surface area contributed by atoms with Crippen LogP contribution in [0.3, 0.4) is 0 Å². The van der Waals surface area contributed by atoms with E-state index in [4.69, 9.17) is 5.73 Å². The van der Waals surface area contributed by atoms with Gasteiger partial charge >= 0.3 is 0 Å². The Kier molecular flexibility index (Phi) is 6.73. The van der Waals surface area contributed by atoms with Crippen molar-refractivity contribution in [2.75, 3.05) is 11.5 Å². The molecule has 0 spiro atoms. The van der Waals surface area contributed by atoms with Crippen LogP contribution in [0.4, 0.5) is 5.69 Å². The largest absolute Gasteiger partial charge is 0.398 e. The van der Waals surface area contributed by atoms with Gasteiger partial charge in [-0.2, -0.15) is 0 Å². The summed E-state index contributed by atoms with van der Waals surface area (Å²) in [5.74, 6) is 1.38. The summed E-state index contributed by atoms with van der Waals surface area (Å²) in [5, 5.41) is 2.58. The maximum atomic E-state index is 12.1. The highest BCUT2D eigenvalue weighted by Gasteiger charge is 2.06. The number of unbranched alkanes of at least 4 members (excludes halogenated alkanes) is 2. The third kappa shape index (κ3) is 5.37. The van der Waals surface area contributed by atoms with Crippen LogP contribution in [-0.2, 0) is 11.2 Å². The summed E-state index contributed by atoms with van der Waals surface area (Å²) < 4.78 is 0. The fourth-order valence-electron chi connectivity index (χ4n) is 3.04. The first-order valence-corrected chi connectivity index (χ1v) is 10.2. The fraction of sp³-hybridized carbons (Fsp3) is 0.261. The standard InChI is InChI=1S/C23H25NOS/c24-23-12-6-5-10-20(23)16-21(25)11-2-1-7-15-26-22-14-13-18-8-3-4-9-19(18)17-22/h3-6,8-10,12-14,17H,1-2,7,11,15-16,24H2. The molecular weight excluding hydrogens is 338 g/mol. The Bertz CT molecular complexity index is 875. The zero-order chi connectivity index (χ0) is 18.2. The van der Waals surface area contributed by atoms with Crippen molar-refractivity contribution < 1.29 is 4.79 Å². The van der Waals surface area contributed by atoms with Gasteiger partial charge in [-0.3, -0.25) is 4.79 Å². The Morgan fingerprint density at radius 1 is 0.846 bits per heavy atom. The van der Waals surface area contributed by atoms with E-state index < -0.39 is 0 Å². The van der Waals surface area contributed by atoms with Crippen LogP contribution in [0.5, 0.6) is 0 Å². The van der Waals surface area contributed by atoms with Crippen molar-refractivity contribution in [2.45, 2.75) is 37.0 Å². The molecule has 0 aromatic heterocycles. The summed E-state index contributed by atoms with van der Waals surface area (Å²) in [4.78, 5) is 13.4. The second-order valence-corrected chi connectivity index (χ2v) is 7.75. The minimum atomic E-state index is 0.282. The summed E-state index contributed by atoms with van der Waals surface area (Å²) in [6.07, 6.45) is 4.30. The molecule has 2 nitrogen and oxygen atoms in total. The van der Waals surface area contributed by atoms with E-state index in [2.05, 4.69) is 42.5 Å². The molecule has 26 heavy (non-hydrogen) atoms. The Balaban J connectivity index is 1.34. The molecular formula is C23H25NOS. The molecule has 0 saturated carbocycles. The number of nitrogens with two attached hydrogens (primary N) is 1. The zero-order valence-corrected chi connectivity index (χ0v) is 15.8.